The molecule has 3 nitrogen and oxygen atoms in total. The Labute approximate surface area is 120 Å². The smallest absolute Gasteiger partial charge is 0.224 e. The van der Waals surface area contributed by atoms with Crippen LogP contribution < -0.4 is 10.1 Å². The van der Waals surface area contributed by atoms with Crippen molar-refractivity contribution in [3.63, 3.8) is 0 Å². The third kappa shape index (κ3) is 3.02. The third-order valence-corrected chi connectivity index (χ3v) is 3.38. The normalized spacial score (nSPS) is 13.5. The Balaban J connectivity index is 1.75. The van der Waals surface area contributed by atoms with Crippen LogP contribution >= 0.6 is 0 Å². The number of hydrogen-bond donors (Lipinski definition) is 1. The van der Waals surface area contributed by atoms with Crippen LogP contribution in [0.25, 0.3) is 0 Å². The molecule has 0 saturated heterocycles. The number of nitrogens with one attached hydrogen (secondary N) is 1. The highest BCUT2D eigenvalue weighted by molar-refractivity contribution is 5.94. The second-order valence-corrected chi connectivity index (χ2v) is 4.89. The zero-order valence-electron chi connectivity index (χ0n) is 11.2. The summed E-state index contributed by atoms with van der Waals surface area (Å²) in [6, 6.07) is 8.56. The SMILES string of the molecule is O=C1CCc2ccc(OCc3cc(F)ccc3F)cc2N1. The highest BCUT2D eigenvalue weighted by Gasteiger charge is 2.15. The number of rotatable bonds is 3. The number of benzene rings is 2. The summed E-state index contributed by atoms with van der Waals surface area (Å²) in [6.45, 7) is -0.0731. The second-order valence-electron chi connectivity index (χ2n) is 4.89. The van der Waals surface area contributed by atoms with Crippen molar-refractivity contribution in [1.29, 1.82) is 0 Å². The van der Waals surface area contributed by atoms with E-state index in [2.05, 4.69) is 5.32 Å². The number of carbonyl (C=O) groups excluding carboxylic acids is 1. The summed E-state index contributed by atoms with van der Waals surface area (Å²) in [5.41, 5.74) is 1.90. The Morgan fingerprint density at radius 1 is 1.10 bits per heavy atom. The van der Waals surface area contributed by atoms with Crippen LogP contribution in [0.2, 0.25) is 0 Å². The summed E-state index contributed by atoms with van der Waals surface area (Å²) >= 11 is 0. The summed E-state index contributed by atoms with van der Waals surface area (Å²) in [7, 11) is 0. The molecular weight excluding hydrogens is 276 g/mol. The van der Waals surface area contributed by atoms with Crippen LogP contribution in [0, 0.1) is 11.6 Å². The molecule has 0 bridgehead atoms. The van der Waals surface area contributed by atoms with Crippen molar-refractivity contribution in [1.82, 2.24) is 0 Å². The van der Waals surface area contributed by atoms with E-state index in [1.807, 2.05) is 6.07 Å². The topological polar surface area (TPSA) is 38.3 Å². The van der Waals surface area contributed by atoms with Crippen LogP contribution in [0.1, 0.15) is 17.5 Å². The molecule has 3 rings (SSSR count). The molecule has 1 aliphatic rings. The zero-order chi connectivity index (χ0) is 14.8. The maximum Gasteiger partial charge on any atom is 0.224 e. The number of aryl methyl sites for hydroxylation is 1. The maximum absolute atomic E-state index is 13.5. The average molecular weight is 289 g/mol. The van der Waals surface area contributed by atoms with E-state index < -0.39 is 11.6 Å². The molecule has 1 heterocycles. The summed E-state index contributed by atoms with van der Waals surface area (Å²) in [5.74, 6) is -0.550. The van der Waals surface area contributed by atoms with Crippen LogP contribution in [-0.4, -0.2) is 5.91 Å². The largest absolute Gasteiger partial charge is 0.489 e. The number of anilines is 1. The van der Waals surface area contributed by atoms with Gasteiger partial charge in [0, 0.05) is 23.7 Å². The van der Waals surface area contributed by atoms with Gasteiger partial charge >= 0.3 is 0 Å². The Hall–Kier alpha value is -2.43. The van der Waals surface area contributed by atoms with Gasteiger partial charge in [-0.2, -0.15) is 0 Å². The zero-order valence-corrected chi connectivity index (χ0v) is 11.2. The average Bonchev–Trinajstić information content (AvgIpc) is 2.47. The first-order valence-electron chi connectivity index (χ1n) is 6.61. The summed E-state index contributed by atoms with van der Waals surface area (Å²) in [4.78, 5) is 11.4. The molecule has 2 aromatic rings. The Kier molecular flexibility index (Phi) is 3.56. The van der Waals surface area contributed by atoms with Gasteiger partial charge in [-0.15, -0.1) is 0 Å². The van der Waals surface area contributed by atoms with E-state index in [9.17, 15) is 13.6 Å². The highest BCUT2D eigenvalue weighted by atomic mass is 19.1. The van der Waals surface area contributed by atoms with Gasteiger partial charge < -0.3 is 10.1 Å². The van der Waals surface area contributed by atoms with Gasteiger partial charge in [-0.3, -0.25) is 4.79 Å². The van der Waals surface area contributed by atoms with Crippen molar-refractivity contribution in [2.24, 2.45) is 0 Å². The van der Waals surface area contributed by atoms with E-state index >= 15 is 0 Å². The molecular formula is C16H13F2NO2. The lowest BCUT2D eigenvalue weighted by Gasteiger charge is -2.17. The molecule has 0 aromatic heterocycles. The number of ether oxygens (including phenoxy) is 1. The molecule has 1 aliphatic heterocycles. The molecule has 108 valence electrons. The van der Waals surface area contributed by atoms with E-state index in [4.69, 9.17) is 4.74 Å². The van der Waals surface area contributed by atoms with E-state index in [0.717, 1.165) is 23.8 Å². The Morgan fingerprint density at radius 3 is 2.81 bits per heavy atom. The lowest BCUT2D eigenvalue weighted by molar-refractivity contribution is -0.116. The van der Waals surface area contributed by atoms with E-state index in [1.54, 1.807) is 12.1 Å². The van der Waals surface area contributed by atoms with Crippen molar-refractivity contribution in [3.8, 4) is 5.75 Å². The fraction of sp³-hybridized carbons (Fsp3) is 0.188. The highest BCUT2D eigenvalue weighted by Crippen LogP contribution is 2.27. The van der Waals surface area contributed by atoms with Crippen molar-refractivity contribution in [2.45, 2.75) is 19.4 Å². The van der Waals surface area contributed by atoms with Crippen molar-refractivity contribution in [2.75, 3.05) is 5.32 Å². The number of hydrogen-bond acceptors (Lipinski definition) is 2. The van der Waals surface area contributed by atoms with Gasteiger partial charge in [-0.1, -0.05) is 6.07 Å². The predicted molar refractivity (Wildman–Crippen MR) is 74.1 cm³/mol. The van der Waals surface area contributed by atoms with E-state index in [-0.39, 0.29) is 18.1 Å². The predicted octanol–water partition coefficient (Wildman–Crippen LogP) is 3.43. The minimum absolute atomic E-state index is 0.0316. The van der Waals surface area contributed by atoms with Crippen LogP contribution in [-0.2, 0) is 17.8 Å². The molecule has 0 spiro atoms. The van der Waals surface area contributed by atoms with Gasteiger partial charge in [0.1, 0.15) is 24.0 Å². The minimum atomic E-state index is -0.511. The first-order valence-corrected chi connectivity index (χ1v) is 6.61. The molecule has 5 heteroatoms. The third-order valence-electron chi connectivity index (χ3n) is 3.38. The number of amides is 1. The molecule has 0 radical (unpaired) electrons. The van der Waals surface area contributed by atoms with Gasteiger partial charge in [-0.25, -0.2) is 8.78 Å². The first-order chi connectivity index (χ1) is 10.1. The number of halogens is 2. The molecule has 1 N–H and O–H groups in total. The lowest BCUT2D eigenvalue weighted by Crippen LogP contribution is -2.18. The first kappa shape index (κ1) is 13.5. The standard InChI is InChI=1S/C16H13F2NO2/c17-12-3-5-14(18)11(7-12)9-21-13-4-1-10-2-6-16(20)19-15(10)8-13/h1,3-5,7-8H,2,6,9H2,(H,19,20). The number of carbonyl (C=O) groups is 1. The van der Waals surface area contributed by atoms with Gasteiger partial charge in [-0.05, 0) is 36.2 Å². The Bertz CT molecular complexity index is 701. The Morgan fingerprint density at radius 2 is 1.95 bits per heavy atom. The minimum Gasteiger partial charge on any atom is -0.489 e. The lowest BCUT2D eigenvalue weighted by atomic mass is 10.0. The van der Waals surface area contributed by atoms with Crippen LogP contribution in [0.4, 0.5) is 14.5 Å². The molecule has 21 heavy (non-hydrogen) atoms. The fourth-order valence-corrected chi connectivity index (χ4v) is 2.26. The molecule has 0 atom stereocenters. The molecule has 0 unspecified atom stereocenters. The van der Waals surface area contributed by atoms with Crippen molar-refractivity contribution < 1.29 is 18.3 Å². The van der Waals surface area contributed by atoms with Gasteiger partial charge in [0.25, 0.3) is 0 Å². The van der Waals surface area contributed by atoms with Crippen LogP contribution in [0.5, 0.6) is 5.75 Å². The van der Waals surface area contributed by atoms with E-state index in [0.29, 0.717) is 24.3 Å². The fourth-order valence-electron chi connectivity index (χ4n) is 2.26. The monoisotopic (exact) mass is 289 g/mol. The second kappa shape index (κ2) is 5.52. The molecule has 0 saturated carbocycles. The summed E-state index contributed by atoms with van der Waals surface area (Å²) < 4.78 is 32.0. The number of fused-ring (bicyclic) bond motifs is 1. The van der Waals surface area contributed by atoms with Crippen LogP contribution in [0.3, 0.4) is 0 Å². The summed E-state index contributed by atoms with van der Waals surface area (Å²) in [6.07, 6.45) is 1.17. The molecule has 0 fully saturated rings. The van der Waals surface area contributed by atoms with Gasteiger partial charge in [0.05, 0.1) is 0 Å². The molecule has 0 aliphatic carbocycles. The summed E-state index contributed by atoms with van der Waals surface area (Å²) in [5, 5.41) is 2.77. The molecule has 1 amide bonds. The van der Waals surface area contributed by atoms with Gasteiger partial charge in [0.2, 0.25) is 5.91 Å². The van der Waals surface area contributed by atoms with E-state index in [1.165, 1.54) is 0 Å². The maximum atomic E-state index is 13.5. The van der Waals surface area contributed by atoms with Crippen molar-refractivity contribution >= 4 is 11.6 Å². The van der Waals surface area contributed by atoms with Gasteiger partial charge in [0.15, 0.2) is 0 Å². The van der Waals surface area contributed by atoms with Crippen LogP contribution in [0.15, 0.2) is 36.4 Å². The quantitative estimate of drug-likeness (QED) is 0.940. The van der Waals surface area contributed by atoms with Crippen molar-refractivity contribution in [3.05, 3.63) is 59.2 Å². The molecule has 2 aromatic carbocycles.